The average Bonchev–Trinajstić information content (AvgIpc) is 2.81. The minimum atomic E-state index is -0.287. The first-order valence-electron chi connectivity index (χ1n) is 10.3. The first-order chi connectivity index (χ1) is 15.5. The standard InChI is InChI=1S/C25H24BrN3O3/c1-32-23-13-18(12-22(26)24(23)30)14-27-28-25(31)20-8-6-17(7-9-20)15-29-11-10-19-4-2-3-5-21(19)16-29/h2-9,12-14,30H,10-11,15-16H2,1H3,(H,28,31)/b27-14-. The van der Waals surface area contributed by atoms with Gasteiger partial charge in [-0.3, -0.25) is 9.69 Å². The lowest BCUT2D eigenvalue weighted by Gasteiger charge is -2.28. The first-order valence-corrected chi connectivity index (χ1v) is 11.1. The van der Waals surface area contributed by atoms with Crippen molar-refractivity contribution in [1.29, 1.82) is 0 Å². The van der Waals surface area contributed by atoms with Crippen LogP contribution in [0.1, 0.15) is 32.6 Å². The van der Waals surface area contributed by atoms with Crippen LogP contribution < -0.4 is 10.2 Å². The number of methoxy groups -OCH3 is 1. The van der Waals surface area contributed by atoms with Crippen molar-refractivity contribution in [2.45, 2.75) is 19.5 Å². The second-order valence-corrected chi connectivity index (χ2v) is 8.53. The number of benzene rings is 3. The largest absolute Gasteiger partial charge is 0.503 e. The summed E-state index contributed by atoms with van der Waals surface area (Å²) in [6, 6.07) is 19.5. The van der Waals surface area contributed by atoms with Gasteiger partial charge < -0.3 is 9.84 Å². The smallest absolute Gasteiger partial charge is 0.271 e. The summed E-state index contributed by atoms with van der Waals surface area (Å²) in [5.41, 5.74) is 7.75. The zero-order chi connectivity index (χ0) is 22.5. The molecule has 1 aliphatic rings. The van der Waals surface area contributed by atoms with Gasteiger partial charge >= 0.3 is 0 Å². The highest BCUT2D eigenvalue weighted by Crippen LogP contribution is 2.34. The van der Waals surface area contributed by atoms with Gasteiger partial charge in [0, 0.05) is 25.2 Å². The van der Waals surface area contributed by atoms with Gasteiger partial charge in [-0.05, 0) is 68.9 Å². The summed E-state index contributed by atoms with van der Waals surface area (Å²) in [6.45, 7) is 2.84. The SMILES string of the molecule is COc1cc(/C=N\NC(=O)c2ccc(CN3CCc4ccccc4C3)cc2)cc(Br)c1O. The van der Waals surface area contributed by atoms with Gasteiger partial charge in [0.05, 0.1) is 17.8 Å². The zero-order valence-corrected chi connectivity index (χ0v) is 19.3. The van der Waals surface area contributed by atoms with E-state index in [2.05, 4.69) is 55.6 Å². The van der Waals surface area contributed by atoms with E-state index in [9.17, 15) is 9.90 Å². The molecule has 0 fully saturated rings. The van der Waals surface area contributed by atoms with Gasteiger partial charge in [-0.2, -0.15) is 5.10 Å². The van der Waals surface area contributed by atoms with Gasteiger partial charge in [0.1, 0.15) is 0 Å². The molecule has 0 atom stereocenters. The molecule has 164 valence electrons. The fourth-order valence-corrected chi connectivity index (χ4v) is 4.22. The Bertz CT molecular complexity index is 1150. The van der Waals surface area contributed by atoms with Crippen molar-refractivity contribution < 1.29 is 14.6 Å². The average molecular weight is 494 g/mol. The molecule has 0 aromatic heterocycles. The number of halogens is 1. The fraction of sp³-hybridized carbons (Fsp3) is 0.200. The lowest BCUT2D eigenvalue weighted by atomic mass is 9.99. The second kappa shape index (κ2) is 9.97. The molecule has 6 nitrogen and oxygen atoms in total. The van der Waals surface area contributed by atoms with Gasteiger partial charge in [0.25, 0.3) is 5.91 Å². The normalized spacial score (nSPS) is 13.7. The van der Waals surface area contributed by atoms with E-state index in [0.717, 1.165) is 26.1 Å². The quantitative estimate of drug-likeness (QED) is 0.392. The summed E-state index contributed by atoms with van der Waals surface area (Å²) in [5, 5.41) is 13.9. The molecule has 2 N–H and O–H groups in total. The number of hydrogen-bond acceptors (Lipinski definition) is 5. The number of hydrogen-bond donors (Lipinski definition) is 2. The molecule has 0 saturated carbocycles. The third-order valence-corrected chi connectivity index (χ3v) is 6.09. The molecular formula is C25H24BrN3O3. The summed E-state index contributed by atoms with van der Waals surface area (Å²) >= 11 is 3.26. The Morgan fingerprint density at radius 1 is 1.19 bits per heavy atom. The number of phenols is 1. The molecule has 0 unspecified atom stereocenters. The van der Waals surface area contributed by atoms with Gasteiger partial charge in [0.15, 0.2) is 11.5 Å². The number of aromatic hydroxyl groups is 1. The Morgan fingerprint density at radius 3 is 2.69 bits per heavy atom. The predicted molar refractivity (Wildman–Crippen MR) is 128 cm³/mol. The topological polar surface area (TPSA) is 74.2 Å². The molecule has 1 heterocycles. The third kappa shape index (κ3) is 5.18. The number of fused-ring (bicyclic) bond motifs is 1. The molecule has 0 radical (unpaired) electrons. The molecule has 32 heavy (non-hydrogen) atoms. The van der Waals surface area contributed by atoms with E-state index in [1.54, 1.807) is 12.1 Å². The van der Waals surface area contributed by atoms with Gasteiger partial charge in [-0.15, -0.1) is 0 Å². The van der Waals surface area contributed by atoms with E-state index in [1.165, 1.54) is 30.0 Å². The molecular weight excluding hydrogens is 470 g/mol. The molecule has 4 rings (SSSR count). The lowest BCUT2D eigenvalue weighted by Crippen LogP contribution is -2.30. The number of nitrogens with zero attached hydrogens (tertiary/aromatic N) is 2. The molecule has 1 amide bonds. The summed E-state index contributed by atoms with van der Waals surface area (Å²) < 4.78 is 5.60. The van der Waals surface area contributed by atoms with Crippen LogP contribution in [0, 0.1) is 0 Å². The monoisotopic (exact) mass is 493 g/mol. The number of hydrazone groups is 1. The number of amides is 1. The van der Waals surface area contributed by atoms with Crippen LogP contribution in [0.2, 0.25) is 0 Å². The van der Waals surface area contributed by atoms with Crippen LogP contribution in [0.25, 0.3) is 0 Å². The Labute approximate surface area is 195 Å². The zero-order valence-electron chi connectivity index (χ0n) is 17.7. The Morgan fingerprint density at radius 2 is 1.94 bits per heavy atom. The van der Waals surface area contributed by atoms with Crippen LogP contribution in [0.3, 0.4) is 0 Å². The Balaban J connectivity index is 1.33. The second-order valence-electron chi connectivity index (χ2n) is 7.68. The van der Waals surface area contributed by atoms with Crippen LogP contribution in [-0.2, 0) is 19.5 Å². The van der Waals surface area contributed by atoms with Gasteiger partial charge in [-0.1, -0.05) is 36.4 Å². The van der Waals surface area contributed by atoms with Crippen molar-refractivity contribution in [2.75, 3.05) is 13.7 Å². The summed E-state index contributed by atoms with van der Waals surface area (Å²) in [6.07, 6.45) is 2.56. The van der Waals surface area contributed by atoms with E-state index in [4.69, 9.17) is 4.74 Å². The van der Waals surface area contributed by atoms with E-state index < -0.39 is 0 Å². The maximum absolute atomic E-state index is 12.4. The Kier molecular flexibility index (Phi) is 6.87. The number of carbonyl (C=O) groups is 1. The summed E-state index contributed by atoms with van der Waals surface area (Å²) in [4.78, 5) is 14.8. The number of nitrogens with one attached hydrogen (secondary N) is 1. The van der Waals surface area contributed by atoms with Crippen LogP contribution >= 0.6 is 15.9 Å². The maximum Gasteiger partial charge on any atom is 0.271 e. The summed E-state index contributed by atoms with van der Waals surface area (Å²) in [5.74, 6) is 0.0481. The van der Waals surface area contributed by atoms with Crippen molar-refractivity contribution in [3.05, 3.63) is 93.0 Å². The first kappa shape index (κ1) is 22.0. The number of rotatable bonds is 6. The van der Waals surface area contributed by atoms with Crippen LogP contribution in [0.15, 0.2) is 70.2 Å². The molecule has 7 heteroatoms. The predicted octanol–water partition coefficient (Wildman–Crippen LogP) is 4.49. The van der Waals surface area contributed by atoms with E-state index >= 15 is 0 Å². The molecule has 0 bridgehead atoms. The van der Waals surface area contributed by atoms with E-state index in [-0.39, 0.29) is 11.7 Å². The molecule has 0 aliphatic carbocycles. The van der Waals surface area contributed by atoms with Crippen molar-refractivity contribution in [1.82, 2.24) is 10.3 Å². The number of carbonyl (C=O) groups excluding carboxylic acids is 1. The van der Waals surface area contributed by atoms with Crippen molar-refractivity contribution >= 4 is 28.1 Å². The maximum atomic E-state index is 12.4. The highest BCUT2D eigenvalue weighted by atomic mass is 79.9. The molecule has 0 saturated heterocycles. The van der Waals surface area contributed by atoms with E-state index in [0.29, 0.717) is 21.3 Å². The molecule has 0 spiro atoms. The van der Waals surface area contributed by atoms with E-state index in [1.807, 2.05) is 24.3 Å². The number of phenolic OH excluding ortho intramolecular Hbond substituents is 1. The third-order valence-electron chi connectivity index (χ3n) is 5.48. The minimum Gasteiger partial charge on any atom is -0.503 e. The van der Waals surface area contributed by atoms with Crippen LogP contribution in [-0.4, -0.2) is 35.8 Å². The van der Waals surface area contributed by atoms with Crippen molar-refractivity contribution in [2.24, 2.45) is 5.10 Å². The molecule has 3 aromatic carbocycles. The van der Waals surface area contributed by atoms with Crippen molar-refractivity contribution in [3.8, 4) is 11.5 Å². The highest BCUT2D eigenvalue weighted by molar-refractivity contribution is 9.10. The lowest BCUT2D eigenvalue weighted by molar-refractivity contribution is 0.0955. The molecule has 1 aliphatic heterocycles. The van der Waals surface area contributed by atoms with Crippen LogP contribution in [0.5, 0.6) is 11.5 Å². The number of ether oxygens (including phenoxy) is 1. The Hall–Kier alpha value is -3.16. The van der Waals surface area contributed by atoms with Crippen LogP contribution in [0.4, 0.5) is 0 Å². The van der Waals surface area contributed by atoms with Crippen molar-refractivity contribution in [3.63, 3.8) is 0 Å². The molecule has 3 aromatic rings. The fourth-order valence-electron chi connectivity index (χ4n) is 3.76. The summed E-state index contributed by atoms with van der Waals surface area (Å²) in [7, 11) is 1.47. The van der Waals surface area contributed by atoms with Gasteiger partial charge in [-0.25, -0.2) is 5.43 Å². The van der Waals surface area contributed by atoms with Gasteiger partial charge in [0.2, 0.25) is 0 Å². The highest BCUT2D eigenvalue weighted by Gasteiger charge is 2.16. The minimum absolute atomic E-state index is 0.0162.